The molecule has 2 aliphatic carbocycles. The van der Waals surface area contributed by atoms with Crippen LogP contribution in [0.4, 0.5) is 5.82 Å². The van der Waals surface area contributed by atoms with E-state index < -0.39 is 0 Å². The molecule has 2 aliphatic rings. The van der Waals surface area contributed by atoms with Crippen molar-refractivity contribution < 1.29 is 9.32 Å². The number of hydrogen-bond acceptors (Lipinski definition) is 6. The number of aryl methyl sites for hydroxylation is 1. The molecule has 2 fully saturated rings. The molecule has 0 saturated heterocycles. The van der Waals surface area contributed by atoms with Gasteiger partial charge in [0.1, 0.15) is 11.6 Å². The molecule has 7 nitrogen and oxygen atoms in total. The zero-order valence-corrected chi connectivity index (χ0v) is 18.5. The lowest BCUT2D eigenvalue weighted by molar-refractivity contribution is 0.0687. The largest absolute Gasteiger partial charge is 0.367 e. The fourth-order valence-corrected chi connectivity index (χ4v) is 4.22. The molecule has 0 spiro atoms. The van der Waals surface area contributed by atoms with Gasteiger partial charge >= 0.3 is 0 Å². The van der Waals surface area contributed by atoms with E-state index in [0.717, 1.165) is 52.1 Å². The quantitative estimate of drug-likeness (QED) is 0.438. The average Bonchev–Trinajstić information content (AvgIpc) is 3.76. The topological polar surface area (TPSA) is 84.2 Å². The van der Waals surface area contributed by atoms with Gasteiger partial charge in [0.2, 0.25) is 5.76 Å². The molecule has 0 radical (unpaired) electrons. The molecule has 166 valence electrons. The van der Waals surface area contributed by atoms with Crippen LogP contribution in [0.15, 0.2) is 59.3 Å². The van der Waals surface area contributed by atoms with Crippen molar-refractivity contribution in [1.29, 1.82) is 0 Å². The van der Waals surface area contributed by atoms with Gasteiger partial charge in [-0.15, -0.1) is 0 Å². The first-order valence-electron chi connectivity index (χ1n) is 11.5. The van der Waals surface area contributed by atoms with Crippen LogP contribution in [-0.4, -0.2) is 38.0 Å². The summed E-state index contributed by atoms with van der Waals surface area (Å²) in [6.45, 7) is 2.48. The SMILES string of the molecule is Cc1nc(NC2CC2)c2cc(-c3cccc(CN(C(=O)c4ccno4)C4CC4)c3)ccc2n1. The highest BCUT2D eigenvalue weighted by atomic mass is 16.5. The third kappa shape index (κ3) is 4.18. The minimum Gasteiger partial charge on any atom is -0.367 e. The van der Waals surface area contributed by atoms with Gasteiger partial charge in [-0.2, -0.15) is 0 Å². The summed E-state index contributed by atoms with van der Waals surface area (Å²) in [5.41, 5.74) is 4.25. The Labute approximate surface area is 191 Å². The fourth-order valence-electron chi connectivity index (χ4n) is 4.22. The molecule has 0 bridgehead atoms. The number of amides is 1. The van der Waals surface area contributed by atoms with Gasteiger partial charge in [-0.1, -0.05) is 29.4 Å². The van der Waals surface area contributed by atoms with Gasteiger partial charge in [-0.3, -0.25) is 4.79 Å². The smallest absolute Gasteiger partial charge is 0.293 e. The first kappa shape index (κ1) is 19.9. The van der Waals surface area contributed by atoms with E-state index in [2.05, 4.69) is 56.8 Å². The van der Waals surface area contributed by atoms with Gasteiger partial charge < -0.3 is 14.7 Å². The van der Waals surface area contributed by atoms with Crippen LogP contribution < -0.4 is 5.32 Å². The fraction of sp³-hybridized carbons (Fsp3) is 0.308. The van der Waals surface area contributed by atoms with E-state index in [4.69, 9.17) is 4.52 Å². The predicted molar refractivity (Wildman–Crippen MR) is 126 cm³/mol. The molecule has 0 atom stereocenters. The maximum atomic E-state index is 12.9. The zero-order valence-electron chi connectivity index (χ0n) is 18.5. The van der Waals surface area contributed by atoms with Gasteiger partial charge in [0.25, 0.3) is 5.91 Å². The number of carbonyl (C=O) groups is 1. The molecular weight excluding hydrogens is 414 g/mol. The number of aromatic nitrogens is 3. The average molecular weight is 440 g/mol. The van der Waals surface area contributed by atoms with Crippen molar-refractivity contribution in [1.82, 2.24) is 20.0 Å². The number of fused-ring (bicyclic) bond motifs is 1. The molecule has 1 N–H and O–H groups in total. The third-order valence-electron chi connectivity index (χ3n) is 6.24. The zero-order chi connectivity index (χ0) is 22.4. The van der Waals surface area contributed by atoms with Crippen molar-refractivity contribution in [2.45, 2.75) is 51.2 Å². The van der Waals surface area contributed by atoms with Crippen molar-refractivity contribution in [3.63, 3.8) is 0 Å². The Hall–Kier alpha value is -3.74. The Morgan fingerprint density at radius 2 is 1.91 bits per heavy atom. The number of hydrogen-bond donors (Lipinski definition) is 1. The maximum Gasteiger partial charge on any atom is 0.293 e. The van der Waals surface area contributed by atoms with Crippen LogP contribution >= 0.6 is 0 Å². The number of anilines is 1. The molecule has 1 amide bonds. The Morgan fingerprint density at radius 1 is 1.06 bits per heavy atom. The summed E-state index contributed by atoms with van der Waals surface area (Å²) < 4.78 is 5.12. The molecule has 6 rings (SSSR count). The molecule has 7 heteroatoms. The van der Waals surface area contributed by atoms with Crippen LogP contribution in [0.1, 0.15) is 47.6 Å². The van der Waals surface area contributed by atoms with Crippen molar-refractivity contribution in [3.8, 4) is 11.1 Å². The van der Waals surface area contributed by atoms with E-state index in [-0.39, 0.29) is 11.9 Å². The molecule has 33 heavy (non-hydrogen) atoms. The Balaban J connectivity index is 1.31. The molecule has 2 aromatic carbocycles. The minimum absolute atomic E-state index is 0.102. The van der Waals surface area contributed by atoms with Crippen LogP contribution in [0.5, 0.6) is 0 Å². The molecular formula is C26H25N5O2. The van der Waals surface area contributed by atoms with E-state index in [9.17, 15) is 4.79 Å². The first-order chi connectivity index (χ1) is 16.1. The maximum absolute atomic E-state index is 12.9. The van der Waals surface area contributed by atoms with Gasteiger partial charge in [0.05, 0.1) is 11.7 Å². The molecule has 0 unspecified atom stereocenters. The highest BCUT2D eigenvalue weighted by Gasteiger charge is 2.34. The van der Waals surface area contributed by atoms with Crippen LogP contribution in [0.3, 0.4) is 0 Å². The van der Waals surface area contributed by atoms with Crippen LogP contribution in [-0.2, 0) is 6.54 Å². The normalized spacial score (nSPS) is 15.5. The summed E-state index contributed by atoms with van der Waals surface area (Å²) in [4.78, 5) is 24.1. The van der Waals surface area contributed by atoms with Gasteiger partial charge in [-0.25, -0.2) is 9.97 Å². The molecule has 2 saturated carbocycles. The summed E-state index contributed by atoms with van der Waals surface area (Å²) in [5.74, 6) is 1.88. The number of nitrogens with one attached hydrogen (secondary N) is 1. The highest BCUT2D eigenvalue weighted by molar-refractivity contribution is 5.93. The number of rotatable bonds is 7. The lowest BCUT2D eigenvalue weighted by Gasteiger charge is -2.21. The molecule has 4 aromatic rings. The van der Waals surface area contributed by atoms with Crippen molar-refractivity contribution >= 4 is 22.6 Å². The summed E-state index contributed by atoms with van der Waals surface area (Å²) >= 11 is 0. The Kier molecular flexibility index (Phi) is 4.82. The Bertz CT molecular complexity index is 1330. The lowest BCUT2D eigenvalue weighted by Crippen LogP contribution is -2.32. The van der Waals surface area contributed by atoms with Crippen molar-refractivity contribution in [2.75, 3.05) is 5.32 Å². The van der Waals surface area contributed by atoms with E-state index in [0.29, 0.717) is 18.3 Å². The van der Waals surface area contributed by atoms with E-state index >= 15 is 0 Å². The molecule has 2 aromatic heterocycles. The van der Waals surface area contributed by atoms with Crippen molar-refractivity contribution in [2.24, 2.45) is 0 Å². The molecule has 0 aliphatic heterocycles. The second kappa shape index (κ2) is 7.99. The molecule has 2 heterocycles. The number of carbonyl (C=O) groups excluding carboxylic acids is 1. The summed E-state index contributed by atoms with van der Waals surface area (Å²) in [6.07, 6.45) is 5.95. The minimum atomic E-state index is -0.102. The second-order valence-electron chi connectivity index (χ2n) is 9.01. The van der Waals surface area contributed by atoms with Crippen LogP contribution in [0, 0.1) is 6.92 Å². The second-order valence-corrected chi connectivity index (χ2v) is 9.01. The van der Waals surface area contributed by atoms with Gasteiger partial charge in [0, 0.05) is 30.1 Å². The number of nitrogens with zero attached hydrogens (tertiary/aromatic N) is 4. The van der Waals surface area contributed by atoms with Crippen molar-refractivity contribution in [3.05, 3.63) is 71.9 Å². The summed E-state index contributed by atoms with van der Waals surface area (Å²) in [5, 5.41) is 8.28. The van der Waals surface area contributed by atoms with E-state index in [1.807, 2.05) is 17.9 Å². The van der Waals surface area contributed by atoms with Crippen LogP contribution in [0.25, 0.3) is 22.0 Å². The van der Waals surface area contributed by atoms with E-state index in [1.165, 1.54) is 19.0 Å². The number of benzene rings is 2. The highest BCUT2D eigenvalue weighted by Crippen LogP contribution is 2.33. The van der Waals surface area contributed by atoms with E-state index in [1.54, 1.807) is 6.07 Å². The van der Waals surface area contributed by atoms with Crippen LogP contribution in [0.2, 0.25) is 0 Å². The predicted octanol–water partition coefficient (Wildman–Crippen LogP) is 4.97. The van der Waals surface area contributed by atoms with Gasteiger partial charge in [-0.05, 0) is 67.5 Å². The standard InChI is InChI=1S/C26H25N5O2/c1-16-28-23-10-5-19(14-22(23)25(29-16)30-20-6-7-20)18-4-2-3-17(13-18)15-31(21-8-9-21)26(32)24-11-12-27-33-24/h2-5,10-14,20-21H,6-9,15H2,1H3,(H,28,29,30). The summed E-state index contributed by atoms with van der Waals surface area (Å²) in [7, 11) is 0. The lowest BCUT2D eigenvalue weighted by atomic mass is 10.0. The first-order valence-corrected chi connectivity index (χ1v) is 11.5. The Morgan fingerprint density at radius 3 is 2.67 bits per heavy atom. The monoisotopic (exact) mass is 439 g/mol. The third-order valence-corrected chi connectivity index (χ3v) is 6.24. The summed E-state index contributed by atoms with van der Waals surface area (Å²) in [6, 6.07) is 17.1. The van der Waals surface area contributed by atoms with Gasteiger partial charge in [0.15, 0.2) is 0 Å².